The molecule has 35 heavy (non-hydrogen) atoms. The maximum atomic E-state index is 12.0. The number of unbranched alkanes of at least 4 members (excludes halogenated alkanes) is 7. The molecule has 4 amide bonds. The molecule has 0 aromatic heterocycles. The van der Waals surface area contributed by atoms with Gasteiger partial charge in [0.15, 0.2) is 0 Å². The van der Waals surface area contributed by atoms with Crippen LogP contribution < -0.4 is 15.5 Å². The number of hydroxylamine groups is 2. The molecule has 0 unspecified atom stereocenters. The lowest BCUT2D eigenvalue weighted by molar-refractivity contribution is -0.152. The molecule has 3 N–H and O–H groups in total. The zero-order valence-electron chi connectivity index (χ0n) is 22.1. The van der Waals surface area contributed by atoms with Crippen molar-refractivity contribution in [3.05, 3.63) is 29.8 Å². The van der Waals surface area contributed by atoms with E-state index in [0.717, 1.165) is 56.2 Å². The van der Waals surface area contributed by atoms with Crippen LogP contribution in [-0.4, -0.2) is 54.5 Å². The van der Waals surface area contributed by atoms with Gasteiger partial charge >= 0.3 is 12.1 Å². The third kappa shape index (κ3) is 14.2. The van der Waals surface area contributed by atoms with Gasteiger partial charge in [-0.1, -0.05) is 50.7 Å². The summed E-state index contributed by atoms with van der Waals surface area (Å²) in [5.41, 5.74) is 1.45. The van der Waals surface area contributed by atoms with Gasteiger partial charge in [-0.05, 0) is 51.3 Å². The largest absolute Gasteiger partial charge is 0.444 e. The summed E-state index contributed by atoms with van der Waals surface area (Å²) in [5.74, 6) is -0.594. The lowest BCUT2D eigenvalue weighted by Gasteiger charge is -2.19. The summed E-state index contributed by atoms with van der Waals surface area (Å²) < 4.78 is 5.19. The first-order valence-electron chi connectivity index (χ1n) is 12.5. The molecular formula is C26H44N4O5. The van der Waals surface area contributed by atoms with Crippen LogP contribution in [0.15, 0.2) is 24.3 Å². The molecule has 9 heteroatoms. The Bertz CT molecular complexity index is 775. The van der Waals surface area contributed by atoms with Gasteiger partial charge in [0.25, 0.3) is 5.91 Å². The molecule has 0 saturated heterocycles. The average molecular weight is 493 g/mol. The van der Waals surface area contributed by atoms with Crippen molar-refractivity contribution < 1.29 is 24.3 Å². The maximum Gasteiger partial charge on any atom is 0.407 e. The summed E-state index contributed by atoms with van der Waals surface area (Å²) >= 11 is 0. The Balaban J connectivity index is 2.04. The molecule has 0 spiro atoms. The molecule has 0 saturated carbocycles. The van der Waals surface area contributed by atoms with Crippen molar-refractivity contribution in [2.75, 3.05) is 25.5 Å². The monoisotopic (exact) mass is 492 g/mol. The van der Waals surface area contributed by atoms with Crippen LogP contribution in [0.4, 0.5) is 15.3 Å². The van der Waals surface area contributed by atoms with Gasteiger partial charge in [-0.25, -0.2) is 9.59 Å². The number of nitrogens with one attached hydrogen (secondary N) is 2. The minimum Gasteiger partial charge on any atom is -0.444 e. The summed E-state index contributed by atoms with van der Waals surface area (Å²) in [6.45, 7) is 6.37. The highest BCUT2D eigenvalue weighted by atomic mass is 16.6. The molecule has 9 nitrogen and oxygen atoms in total. The standard InChI is InChI=1S/C26H44N4O5/c1-26(2,3)35-25(33)27-19-13-11-9-7-6-8-10-12-14-23(31)30(34)24(32)28-20-21-15-17-22(18-16-21)29(4)5/h15-18,34H,6-14,19-20H2,1-5H3,(H,27,33)(H,28,32). The van der Waals surface area contributed by atoms with Gasteiger partial charge < -0.3 is 20.3 Å². The molecule has 0 radical (unpaired) electrons. The Labute approximate surface area is 210 Å². The van der Waals surface area contributed by atoms with Crippen molar-refractivity contribution in [2.45, 2.75) is 90.7 Å². The number of amides is 4. The molecule has 0 atom stereocenters. The fourth-order valence-electron chi connectivity index (χ4n) is 3.35. The minimum absolute atomic E-state index is 0.137. The van der Waals surface area contributed by atoms with Gasteiger partial charge in [-0.15, -0.1) is 5.06 Å². The maximum absolute atomic E-state index is 12.0. The SMILES string of the molecule is CN(C)c1ccc(CNC(=O)N(O)C(=O)CCCCCCCCCCNC(=O)OC(C)(C)C)cc1. The molecule has 0 fully saturated rings. The van der Waals surface area contributed by atoms with E-state index in [0.29, 0.717) is 13.0 Å². The molecule has 1 rings (SSSR count). The summed E-state index contributed by atoms with van der Waals surface area (Å²) in [7, 11) is 3.89. The lowest BCUT2D eigenvalue weighted by atomic mass is 10.1. The van der Waals surface area contributed by atoms with Crippen LogP contribution in [0.2, 0.25) is 0 Å². The second-order valence-electron chi connectivity index (χ2n) is 9.93. The molecule has 0 heterocycles. The number of benzene rings is 1. The van der Waals surface area contributed by atoms with E-state index in [1.54, 1.807) is 0 Å². The summed E-state index contributed by atoms with van der Waals surface area (Å²) in [5, 5.41) is 15.3. The molecule has 0 bridgehead atoms. The van der Waals surface area contributed by atoms with Crippen molar-refractivity contribution in [2.24, 2.45) is 0 Å². The molecule has 0 aliphatic rings. The Morgan fingerprint density at radius 2 is 1.40 bits per heavy atom. The first kappa shape index (κ1) is 30.2. The second kappa shape index (κ2) is 16.0. The quantitative estimate of drug-likeness (QED) is 0.187. The number of imide groups is 1. The number of urea groups is 1. The van der Waals surface area contributed by atoms with Crippen LogP contribution >= 0.6 is 0 Å². The van der Waals surface area contributed by atoms with Gasteiger partial charge in [-0.3, -0.25) is 10.0 Å². The number of nitrogens with zero attached hydrogens (tertiary/aromatic N) is 2. The van der Waals surface area contributed by atoms with E-state index < -0.39 is 17.5 Å². The van der Waals surface area contributed by atoms with Gasteiger partial charge in [0, 0.05) is 39.3 Å². The van der Waals surface area contributed by atoms with E-state index in [2.05, 4.69) is 10.6 Å². The first-order chi connectivity index (χ1) is 16.5. The Morgan fingerprint density at radius 3 is 1.94 bits per heavy atom. The number of carbonyl (C=O) groups is 3. The summed E-state index contributed by atoms with van der Waals surface area (Å²) in [6, 6.07) is 6.84. The predicted molar refractivity (Wildman–Crippen MR) is 137 cm³/mol. The van der Waals surface area contributed by atoms with Crippen LogP contribution in [0.3, 0.4) is 0 Å². The van der Waals surface area contributed by atoms with Crippen molar-refractivity contribution >= 4 is 23.7 Å². The fourth-order valence-corrected chi connectivity index (χ4v) is 3.35. The lowest BCUT2D eigenvalue weighted by Crippen LogP contribution is -2.41. The van der Waals surface area contributed by atoms with E-state index in [4.69, 9.17) is 4.74 Å². The third-order valence-electron chi connectivity index (χ3n) is 5.31. The Hall–Kier alpha value is -2.81. The molecule has 1 aromatic carbocycles. The predicted octanol–water partition coefficient (Wildman–Crippen LogP) is 5.22. The van der Waals surface area contributed by atoms with Crippen molar-refractivity contribution in [1.82, 2.24) is 15.7 Å². The van der Waals surface area contributed by atoms with Crippen molar-refractivity contribution in [3.63, 3.8) is 0 Å². The molecule has 0 aliphatic carbocycles. The van der Waals surface area contributed by atoms with E-state index in [1.807, 2.05) is 64.0 Å². The van der Waals surface area contributed by atoms with E-state index in [-0.39, 0.29) is 24.1 Å². The highest BCUT2D eigenvalue weighted by molar-refractivity contribution is 5.92. The minimum atomic E-state index is -0.812. The van der Waals surface area contributed by atoms with Crippen LogP contribution in [0.5, 0.6) is 0 Å². The van der Waals surface area contributed by atoms with Gasteiger partial charge in [0.2, 0.25) is 0 Å². The smallest absolute Gasteiger partial charge is 0.407 e. The van der Waals surface area contributed by atoms with Crippen LogP contribution in [0.1, 0.15) is 84.1 Å². The number of ether oxygens (including phenoxy) is 1. The number of anilines is 1. The van der Waals surface area contributed by atoms with E-state index in [1.165, 1.54) is 0 Å². The molecule has 1 aromatic rings. The number of hydrogen-bond donors (Lipinski definition) is 3. The Kier molecular flexibility index (Phi) is 13.8. The summed E-state index contributed by atoms with van der Waals surface area (Å²) in [6.07, 6.45) is 7.51. The van der Waals surface area contributed by atoms with E-state index >= 15 is 0 Å². The molecule has 0 aliphatic heterocycles. The van der Waals surface area contributed by atoms with Crippen LogP contribution in [0, 0.1) is 0 Å². The second-order valence-corrected chi connectivity index (χ2v) is 9.93. The number of carbonyl (C=O) groups excluding carboxylic acids is 3. The fraction of sp³-hybridized carbons (Fsp3) is 0.654. The molecule has 198 valence electrons. The zero-order valence-corrected chi connectivity index (χ0v) is 22.1. The highest BCUT2D eigenvalue weighted by Crippen LogP contribution is 2.13. The van der Waals surface area contributed by atoms with Gasteiger partial charge in [0.1, 0.15) is 5.60 Å². The van der Waals surface area contributed by atoms with Gasteiger partial charge in [-0.2, -0.15) is 0 Å². The highest BCUT2D eigenvalue weighted by Gasteiger charge is 2.18. The Morgan fingerprint density at radius 1 is 0.857 bits per heavy atom. The molecular weight excluding hydrogens is 448 g/mol. The van der Waals surface area contributed by atoms with Crippen LogP contribution in [-0.2, 0) is 16.1 Å². The zero-order chi connectivity index (χ0) is 26.3. The normalized spacial score (nSPS) is 11.0. The van der Waals surface area contributed by atoms with Gasteiger partial charge in [0.05, 0.1) is 0 Å². The van der Waals surface area contributed by atoms with Crippen molar-refractivity contribution in [1.29, 1.82) is 0 Å². The topological polar surface area (TPSA) is 111 Å². The first-order valence-corrected chi connectivity index (χ1v) is 12.5. The average Bonchev–Trinajstić information content (AvgIpc) is 2.79. The summed E-state index contributed by atoms with van der Waals surface area (Å²) in [4.78, 5) is 37.6. The van der Waals surface area contributed by atoms with E-state index in [9.17, 15) is 19.6 Å². The van der Waals surface area contributed by atoms with Crippen molar-refractivity contribution in [3.8, 4) is 0 Å². The van der Waals surface area contributed by atoms with Crippen LogP contribution in [0.25, 0.3) is 0 Å². The number of hydrogen-bond acceptors (Lipinski definition) is 6. The third-order valence-corrected chi connectivity index (χ3v) is 5.31. The number of rotatable bonds is 14. The number of alkyl carbamates (subject to hydrolysis) is 1.